The van der Waals surface area contributed by atoms with E-state index in [1.807, 2.05) is 20.8 Å². The third-order valence-electron chi connectivity index (χ3n) is 1.90. The minimum Gasteiger partial charge on any atom is -0.326 e. The van der Waals surface area contributed by atoms with Crippen LogP contribution in [0.3, 0.4) is 0 Å². The largest absolute Gasteiger partial charge is 0.326 e. The van der Waals surface area contributed by atoms with E-state index in [1.165, 1.54) is 0 Å². The molecule has 0 heterocycles. The Balaban J connectivity index is 0. The Hall–Kier alpha value is 1.02. The van der Waals surface area contributed by atoms with Gasteiger partial charge in [0.25, 0.3) is 0 Å². The zero-order valence-corrected chi connectivity index (χ0v) is 12.9. The lowest BCUT2D eigenvalue weighted by molar-refractivity contribution is 0.405. The highest BCUT2D eigenvalue weighted by atomic mass is 35.5. The molecule has 0 aromatic carbocycles. The smallest absolute Gasteiger partial charge is 0.314 e. The van der Waals surface area contributed by atoms with Gasteiger partial charge in [-0.2, -0.15) is 0 Å². The van der Waals surface area contributed by atoms with Crippen LogP contribution >= 0.6 is 43.1 Å². The summed E-state index contributed by atoms with van der Waals surface area (Å²) in [7, 11) is -3.13. The van der Waals surface area contributed by atoms with Crippen LogP contribution in [-0.4, -0.2) is 25.9 Å². The molecule has 2 N–H and O–H groups in total. The summed E-state index contributed by atoms with van der Waals surface area (Å²) in [5.41, 5.74) is 0. The van der Waals surface area contributed by atoms with Gasteiger partial charge in [0.15, 0.2) is 0 Å². The van der Waals surface area contributed by atoms with Gasteiger partial charge in [-0.1, -0.05) is 0 Å². The summed E-state index contributed by atoms with van der Waals surface area (Å²) in [6.07, 6.45) is 1.90. The van der Waals surface area contributed by atoms with Crippen LogP contribution in [0.5, 0.6) is 0 Å². The van der Waals surface area contributed by atoms with Crippen LogP contribution in [0.25, 0.3) is 0 Å². The van der Waals surface area contributed by atoms with Crippen molar-refractivity contribution in [3.05, 3.63) is 0 Å². The van der Waals surface area contributed by atoms with Crippen LogP contribution in [0.15, 0.2) is 0 Å². The van der Waals surface area contributed by atoms with Crippen LogP contribution in [0.1, 0.15) is 33.6 Å². The fourth-order valence-electron chi connectivity index (χ4n) is 1.31. The van der Waals surface area contributed by atoms with Crippen LogP contribution in [-0.2, 0) is 4.57 Å². The van der Waals surface area contributed by atoms with Gasteiger partial charge in [0, 0.05) is 16.1 Å². The quantitative estimate of drug-likeness (QED) is 0.602. The molecule has 3 unspecified atom stereocenters. The number of hydrogen-bond donors (Lipinski definition) is 2. The van der Waals surface area contributed by atoms with E-state index >= 15 is 0 Å². The monoisotopic (exact) mass is 312 g/mol. The molecule has 0 amide bonds. The minimum absolute atomic E-state index is 0.160. The fourth-order valence-corrected chi connectivity index (χ4v) is 1.97. The molecule has 0 saturated heterocycles. The van der Waals surface area contributed by atoms with Crippen molar-refractivity contribution in [3.8, 4) is 0 Å². The Kier molecular flexibility index (Phi) is 13.5. The second kappa shape index (κ2) is 11.1. The molecule has 0 aliphatic carbocycles. The SMILES string of the molecule is CC(Cl)CC(CC(C)Cl)C(C)Cl.O=[PH](O)O. The Morgan fingerprint density at radius 3 is 1.38 bits per heavy atom. The van der Waals surface area contributed by atoms with Crippen molar-refractivity contribution in [1.29, 1.82) is 0 Å². The summed E-state index contributed by atoms with van der Waals surface area (Å²) in [5, 5.41) is 0.533. The van der Waals surface area contributed by atoms with Crippen LogP contribution < -0.4 is 0 Å². The lowest BCUT2D eigenvalue weighted by atomic mass is 9.95. The van der Waals surface area contributed by atoms with Crippen molar-refractivity contribution in [2.45, 2.75) is 49.7 Å². The standard InChI is InChI=1S/C9H17Cl3.H3O3P/c1-6(10)4-9(8(3)12)5-7(2)11;1-4(2)3/h6-9H,4-5H2,1-3H3;4H,(H2,1,2,3). The Labute approximate surface area is 113 Å². The van der Waals surface area contributed by atoms with Gasteiger partial charge in [0.2, 0.25) is 0 Å². The molecule has 0 radical (unpaired) electrons. The van der Waals surface area contributed by atoms with E-state index in [-0.39, 0.29) is 16.1 Å². The topological polar surface area (TPSA) is 57.5 Å². The maximum Gasteiger partial charge on any atom is 0.314 e. The molecular weight excluding hydrogens is 293 g/mol. The van der Waals surface area contributed by atoms with Crippen LogP contribution in [0.2, 0.25) is 0 Å². The number of halogens is 3. The van der Waals surface area contributed by atoms with Gasteiger partial charge in [-0.3, -0.25) is 4.57 Å². The molecule has 7 heteroatoms. The molecule has 0 bridgehead atoms. The van der Waals surface area contributed by atoms with E-state index in [1.54, 1.807) is 0 Å². The number of hydrogen-bond acceptors (Lipinski definition) is 1. The molecule has 16 heavy (non-hydrogen) atoms. The first-order valence-electron chi connectivity index (χ1n) is 5.00. The zero-order chi connectivity index (χ0) is 13.3. The molecule has 0 fully saturated rings. The lowest BCUT2D eigenvalue weighted by Crippen LogP contribution is -2.18. The first kappa shape index (κ1) is 19.4. The lowest BCUT2D eigenvalue weighted by Gasteiger charge is -2.21. The summed E-state index contributed by atoms with van der Waals surface area (Å²) in [4.78, 5) is 14.3. The van der Waals surface area contributed by atoms with E-state index in [4.69, 9.17) is 49.2 Å². The summed E-state index contributed by atoms with van der Waals surface area (Å²) in [6, 6.07) is 0. The molecule has 3 atom stereocenters. The Morgan fingerprint density at radius 1 is 1.00 bits per heavy atom. The van der Waals surface area contributed by atoms with E-state index in [0.717, 1.165) is 12.8 Å². The average molecular weight is 314 g/mol. The second-order valence-corrected chi connectivity index (χ2v) is 6.50. The predicted octanol–water partition coefficient (Wildman–Crippen LogP) is 3.63. The van der Waals surface area contributed by atoms with Gasteiger partial charge in [0.1, 0.15) is 0 Å². The third-order valence-corrected chi connectivity index (χ3v) is 2.62. The molecule has 0 rings (SSSR count). The number of rotatable bonds is 5. The fraction of sp³-hybridized carbons (Fsp3) is 1.00. The normalized spacial score (nSPS) is 18.3. The molecule has 100 valence electrons. The van der Waals surface area contributed by atoms with Crippen molar-refractivity contribution >= 4 is 43.1 Å². The maximum atomic E-state index is 8.74. The molecule has 0 saturated carbocycles. The highest BCUT2D eigenvalue weighted by Crippen LogP contribution is 2.25. The molecule has 0 aromatic rings. The minimum atomic E-state index is -3.13. The summed E-state index contributed by atoms with van der Waals surface area (Å²) < 4.78 is 8.74. The van der Waals surface area contributed by atoms with Crippen molar-refractivity contribution in [2.24, 2.45) is 5.92 Å². The van der Waals surface area contributed by atoms with E-state index < -0.39 is 8.25 Å². The van der Waals surface area contributed by atoms with Crippen molar-refractivity contribution in [2.75, 3.05) is 0 Å². The first-order valence-corrected chi connectivity index (χ1v) is 7.62. The molecule has 0 aliphatic rings. The summed E-state index contributed by atoms with van der Waals surface area (Å²) >= 11 is 17.8. The molecule has 0 aromatic heterocycles. The van der Waals surface area contributed by atoms with Crippen molar-refractivity contribution < 1.29 is 14.4 Å². The third kappa shape index (κ3) is 17.4. The van der Waals surface area contributed by atoms with E-state index in [9.17, 15) is 0 Å². The van der Waals surface area contributed by atoms with Gasteiger partial charge in [0.05, 0.1) is 0 Å². The summed E-state index contributed by atoms with van der Waals surface area (Å²) in [6.45, 7) is 5.99. The Morgan fingerprint density at radius 2 is 1.25 bits per heavy atom. The highest BCUT2D eigenvalue weighted by Gasteiger charge is 2.19. The predicted molar refractivity (Wildman–Crippen MR) is 72.1 cm³/mol. The first-order chi connectivity index (χ1) is 7.16. The van der Waals surface area contributed by atoms with Gasteiger partial charge in [-0.15, -0.1) is 34.8 Å². The van der Waals surface area contributed by atoms with Crippen LogP contribution in [0, 0.1) is 5.92 Å². The number of alkyl halides is 3. The van der Waals surface area contributed by atoms with Gasteiger partial charge in [-0.05, 0) is 39.5 Å². The average Bonchev–Trinajstić information content (AvgIpc) is 1.99. The van der Waals surface area contributed by atoms with E-state index in [0.29, 0.717) is 5.92 Å². The molecule has 3 nitrogen and oxygen atoms in total. The van der Waals surface area contributed by atoms with Crippen molar-refractivity contribution in [3.63, 3.8) is 0 Å². The zero-order valence-electron chi connectivity index (χ0n) is 9.66. The van der Waals surface area contributed by atoms with E-state index in [2.05, 4.69) is 0 Å². The van der Waals surface area contributed by atoms with Gasteiger partial charge >= 0.3 is 8.25 Å². The van der Waals surface area contributed by atoms with Gasteiger partial charge in [-0.25, -0.2) is 0 Å². The summed E-state index contributed by atoms with van der Waals surface area (Å²) in [5.74, 6) is 0.437. The maximum absolute atomic E-state index is 8.74. The molecule has 0 spiro atoms. The van der Waals surface area contributed by atoms with Crippen molar-refractivity contribution in [1.82, 2.24) is 0 Å². The molecular formula is C9H20Cl3O3P. The van der Waals surface area contributed by atoms with Crippen LogP contribution in [0.4, 0.5) is 0 Å². The highest BCUT2D eigenvalue weighted by molar-refractivity contribution is 7.30. The Bertz CT molecular complexity index is 175. The second-order valence-electron chi connectivity index (χ2n) is 3.75. The van der Waals surface area contributed by atoms with Gasteiger partial charge < -0.3 is 9.79 Å². The molecule has 0 aliphatic heterocycles.